The first-order chi connectivity index (χ1) is 1.91. The highest BCUT2D eigenvalue weighted by Crippen LogP contribution is 1.21. The fraction of sp³-hybridized carbons (Fsp3) is 1.00. The molecule has 0 aliphatic carbocycles. The molecular formula is CH3B2N. The first-order valence-electron chi connectivity index (χ1n) is 1.05. The van der Waals surface area contributed by atoms with E-state index in [0.717, 1.165) is 0 Å². The number of rotatable bonds is 1. The number of hydrogen-bond acceptors (Lipinski definition) is 1. The molecule has 1 N–H and O–H groups in total. The average molecular weight is 50.7 g/mol. The number of hydrogen-bond donors (Lipinski definition) is 1. The summed E-state index contributed by atoms with van der Waals surface area (Å²) in [6.45, 7) is 0. The summed E-state index contributed by atoms with van der Waals surface area (Å²) in [6.07, 6.45) is 0.347. The Morgan fingerprint density at radius 2 is 2.00 bits per heavy atom. The molecule has 0 heterocycles. The molecule has 0 saturated heterocycles. The van der Waals surface area contributed by atoms with E-state index in [9.17, 15) is 0 Å². The fourth-order valence-electron chi connectivity index (χ4n) is 0. The van der Waals surface area contributed by atoms with E-state index in [1.807, 2.05) is 0 Å². The molecule has 0 aromatic carbocycles. The molecule has 0 bridgehead atoms. The molecule has 0 aliphatic rings. The van der Waals surface area contributed by atoms with Gasteiger partial charge in [0.25, 0.3) is 0 Å². The Bertz CT molecular complexity index is 8.00. The third kappa shape index (κ3) is 2.09. The summed E-state index contributed by atoms with van der Waals surface area (Å²) in [7, 11) is 9.44. The summed E-state index contributed by atoms with van der Waals surface area (Å²) >= 11 is 0. The zero-order chi connectivity index (χ0) is 3.41. The van der Waals surface area contributed by atoms with Gasteiger partial charge in [-0.2, -0.15) is 0 Å². The summed E-state index contributed by atoms with van der Waals surface area (Å²) in [5.41, 5.74) is 0. The zero-order valence-electron chi connectivity index (χ0n) is 2.36. The monoisotopic (exact) mass is 51.0 g/mol. The van der Waals surface area contributed by atoms with E-state index in [1.165, 1.54) is 0 Å². The van der Waals surface area contributed by atoms with Crippen LogP contribution in [0.15, 0.2) is 0 Å². The van der Waals surface area contributed by atoms with Crippen molar-refractivity contribution in [2.24, 2.45) is 0 Å². The first-order valence-corrected chi connectivity index (χ1v) is 1.05. The minimum absolute atomic E-state index is 0.347. The SMILES string of the molecule is [B]CN[B]. The van der Waals surface area contributed by atoms with Crippen LogP contribution in [-0.4, -0.2) is 22.3 Å². The molecule has 18 valence electrons. The second-order valence-electron chi connectivity index (χ2n) is 0.408. The maximum atomic E-state index is 4.79. The van der Waals surface area contributed by atoms with E-state index in [1.54, 1.807) is 0 Å². The molecule has 0 unspecified atom stereocenters. The molecule has 0 saturated carbocycles. The van der Waals surface area contributed by atoms with Gasteiger partial charge in [0.15, 0.2) is 7.98 Å². The molecule has 4 radical (unpaired) electrons. The number of nitrogens with one attached hydrogen (secondary N) is 1. The molecule has 1 nitrogen and oxygen atoms in total. The molecule has 0 aliphatic heterocycles. The molecular weight excluding hydrogens is 47.6 g/mol. The Morgan fingerprint density at radius 3 is 2.00 bits per heavy atom. The lowest BCUT2D eigenvalue weighted by Gasteiger charge is -1.75. The molecule has 3 heteroatoms. The normalized spacial score (nSPS) is 7.00. The van der Waals surface area contributed by atoms with Crippen LogP contribution >= 0.6 is 0 Å². The molecule has 0 aromatic heterocycles. The van der Waals surface area contributed by atoms with E-state index >= 15 is 0 Å². The highest BCUT2D eigenvalue weighted by atomic mass is 14.7. The van der Waals surface area contributed by atoms with Gasteiger partial charge in [-0.05, 0) is 0 Å². The molecule has 0 aromatic rings. The van der Waals surface area contributed by atoms with Gasteiger partial charge in [0.2, 0.25) is 0 Å². The highest BCUT2D eigenvalue weighted by molar-refractivity contribution is 6.14. The van der Waals surface area contributed by atoms with Crippen LogP contribution in [0.4, 0.5) is 0 Å². The molecule has 0 spiro atoms. The summed E-state index contributed by atoms with van der Waals surface area (Å²) in [4.78, 5) is 0. The lowest BCUT2D eigenvalue weighted by molar-refractivity contribution is 1.20. The Balaban J connectivity index is 1.97. The smallest absolute Gasteiger partial charge is 0.176 e. The van der Waals surface area contributed by atoms with Crippen molar-refractivity contribution in [2.45, 2.75) is 0 Å². The van der Waals surface area contributed by atoms with E-state index in [4.69, 9.17) is 7.85 Å². The summed E-state index contributed by atoms with van der Waals surface area (Å²) in [6, 6.07) is 0. The van der Waals surface area contributed by atoms with Crippen LogP contribution < -0.4 is 5.23 Å². The van der Waals surface area contributed by atoms with Gasteiger partial charge in [-0.25, -0.2) is 0 Å². The molecule has 0 fully saturated rings. The van der Waals surface area contributed by atoms with E-state index in [0.29, 0.717) is 6.44 Å². The minimum Gasteiger partial charge on any atom is -0.374 e. The predicted octanol–water partition coefficient (Wildman–Crippen LogP) is -1.21. The van der Waals surface area contributed by atoms with Crippen LogP contribution in [-0.2, 0) is 0 Å². The Hall–Kier alpha value is 0.0899. The van der Waals surface area contributed by atoms with Gasteiger partial charge in [-0.1, -0.05) is 6.44 Å². The van der Waals surface area contributed by atoms with Gasteiger partial charge in [0, 0.05) is 0 Å². The van der Waals surface area contributed by atoms with Gasteiger partial charge in [0.1, 0.15) is 0 Å². The van der Waals surface area contributed by atoms with Crippen molar-refractivity contribution in [1.82, 2.24) is 5.23 Å². The van der Waals surface area contributed by atoms with Crippen LogP contribution in [0, 0.1) is 0 Å². The topological polar surface area (TPSA) is 12.0 Å². The van der Waals surface area contributed by atoms with Gasteiger partial charge in [-0.15, -0.1) is 0 Å². The van der Waals surface area contributed by atoms with Gasteiger partial charge < -0.3 is 5.23 Å². The third-order valence-electron chi connectivity index (χ3n) is 0.118. The summed E-state index contributed by atoms with van der Waals surface area (Å²) in [5, 5.41) is 2.21. The molecule has 0 amide bonds. The van der Waals surface area contributed by atoms with Crippen LogP contribution in [0.25, 0.3) is 0 Å². The van der Waals surface area contributed by atoms with Crippen molar-refractivity contribution >= 4 is 15.8 Å². The second kappa shape index (κ2) is 3.09. The van der Waals surface area contributed by atoms with E-state index in [2.05, 4.69) is 13.2 Å². The van der Waals surface area contributed by atoms with Crippen molar-refractivity contribution < 1.29 is 0 Å². The summed E-state index contributed by atoms with van der Waals surface area (Å²) in [5.74, 6) is 0. The second-order valence-corrected chi connectivity index (χ2v) is 0.408. The highest BCUT2D eigenvalue weighted by Gasteiger charge is 1.52. The van der Waals surface area contributed by atoms with Crippen LogP contribution in [0.1, 0.15) is 0 Å². The molecule has 4 heavy (non-hydrogen) atoms. The van der Waals surface area contributed by atoms with Crippen molar-refractivity contribution in [3.8, 4) is 0 Å². The van der Waals surface area contributed by atoms with Crippen LogP contribution in [0.5, 0.6) is 0 Å². The Kier molecular flexibility index (Phi) is 3.16. The van der Waals surface area contributed by atoms with Crippen molar-refractivity contribution in [3.05, 3.63) is 0 Å². The zero-order valence-corrected chi connectivity index (χ0v) is 2.36. The minimum atomic E-state index is 0.347. The van der Waals surface area contributed by atoms with Crippen molar-refractivity contribution in [3.63, 3.8) is 0 Å². The van der Waals surface area contributed by atoms with Gasteiger partial charge >= 0.3 is 0 Å². The fourth-order valence-corrected chi connectivity index (χ4v) is 0. The van der Waals surface area contributed by atoms with Gasteiger partial charge in [0.05, 0.1) is 7.85 Å². The lowest BCUT2D eigenvalue weighted by atomic mass is 10.1. The van der Waals surface area contributed by atoms with Crippen molar-refractivity contribution in [2.75, 3.05) is 6.44 Å². The lowest BCUT2D eigenvalue weighted by Crippen LogP contribution is -2.08. The van der Waals surface area contributed by atoms with Gasteiger partial charge in [-0.3, -0.25) is 0 Å². The Morgan fingerprint density at radius 1 is 1.75 bits per heavy atom. The van der Waals surface area contributed by atoms with E-state index < -0.39 is 0 Å². The van der Waals surface area contributed by atoms with Crippen LogP contribution in [0.3, 0.4) is 0 Å². The Labute approximate surface area is 28.6 Å². The maximum Gasteiger partial charge on any atom is 0.176 e. The average Bonchev–Trinajstić information content (AvgIpc) is 1.37. The van der Waals surface area contributed by atoms with E-state index in [-0.39, 0.29) is 0 Å². The first kappa shape index (κ1) is 4.09. The largest absolute Gasteiger partial charge is 0.374 e. The maximum absolute atomic E-state index is 4.79. The summed E-state index contributed by atoms with van der Waals surface area (Å²) < 4.78 is 0. The quantitative estimate of drug-likeness (QED) is 0.368. The standard InChI is InChI=1S/CH3B2N/c2-1-4-3/h4H,1H2. The molecule has 0 rings (SSSR count). The molecule has 0 atom stereocenters. The third-order valence-corrected chi connectivity index (χ3v) is 0.118. The van der Waals surface area contributed by atoms with Crippen LogP contribution in [0.2, 0.25) is 0 Å². The predicted molar refractivity (Wildman–Crippen MR) is 19.5 cm³/mol. The van der Waals surface area contributed by atoms with Crippen molar-refractivity contribution in [1.29, 1.82) is 0 Å².